The van der Waals surface area contributed by atoms with E-state index in [2.05, 4.69) is 33.7 Å². The van der Waals surface area contributed by atoms with Gasteiger partial charge in [-0.2, -0.15) is 5.10 Å². The van der Waals surface area contributed by atoms with E-state index in [4.69, 9.17) is 22.1 Å². The fraction of sp³-hybridized carbons (Fsp3) is 0.348. The molecule has 9 heteroatoms. The molecule has 2 atom stereocenters. The number of pyridine rings is 1. The Hall–Kier alpha value is -2.94. The van der Waals surface area contributed by atoms with Crippen molar-refractivity contribution >= 4 is 23.3 Å². The Balaban J connectivity index is 1.42. The van der Waals surface area contributed by atoms with Gasteiger partial charge < -0.3 is 21.1 Å². The normalized spacial score (nSPS) is 18.1. The van der Waals surface area contributed by atoms with E-state index in [-0.39, 0.29) is 23.9 Å². The van der Waals surface area contributed by atoms with Gasteiger partial charge in [-0.1, -0.05) is 30.7 Å². The van der Waals surface area contributed by atoms with Crippen molar-refractivity contribution in [3.8, 4) is 11.1 Å². The number of aryl methyl sites for hydroxylation is 2. The van der Waals surface area contributed by atoms with E-state index in [1.165, 1.54) is 0 Å². The minimum Gasteiger partial charge on any atom is -0.383 e. The smallest absolute Gasteiger partial charge is 0.255 e. The zero-order valence-corrected chi connectivity index (χ0v) is 18.9. The summed E-state index contributed by atoms with van der Waals surface area (Å²) >= 11 is 6.21. The maximum atomic E-state index is 13.0. The predicted molar refractivity (Wildman–Crippen MR) is 124 cm³/mol. The summed E-state index contributed by atoms with van der Waals surface area (Å²) in [6.45, 7) is 3.79. The summed E-state index contributed by atoms with van der Waals surface area (Å²) in [6.07, 6.45) is 5.93. The van der Waals surface area contributed by atoms with Gasteiger partial charge in [0.2, 0.25) is 0 Å². The van der Waals surface area contributed by atoms with Gasteiger partial charge in [0, 0.05) is 48.7 Å². The van der Waals surface area contributed by atoms with E-state index in [0.717, 1.165) is 33.7 Å². The van der Waals surface area contributed by atoms with Gasteiger partial charge in [0.25, 0.3) is 5.91 Å². The van der Waals surface area contributed by atoms with Crippen LogP contribution in [-0.2, 0) is 24.8 Å². The molecule has 2 aromatic heterocycles. The average molecular weight is 455 g/mol. The molecule has 1 amide bonds. The van der Waals surface area contributed by atoms with Gasteiger partial charge in [0.05, 0.1) is 30.5 Å². The minimum atomic E-state index is -0.275. The molecule has 0 bridgehead atoms. The summed E-state index contributed by atoms with van der Waals surface area (Å²) in [5, 5.41) is 11.3. The number of anilines is 1. The second-order valence-electron chi connectivity index (χ2n) is 7.93. The summed E-state index contributed by atoms with van der Waals surface area (Å²) in [5.41, 5.74) is 10.1. The van der Waals surface area contributed by atoms with Crippen LogP contribution in [0.15, 0.2) is 42.9 Å². The van der Waals surface area contributed by atoms with E-state index >= 15 is 0 Å². The van der Waals surface area contributed by atoms with Gasteiger partial charge in [-0.05, 0) is 29.7 Å². The van der Waals surface area contributed by atoms with Crippen molar-refractivity contribution in [2.45, 2.75) is 32.1 Å². The highest BCUT2D eigenvalue weighted by Crippen LogP contribution is 2.22. The number of rotatable bonds is 7. The number of hydrogen-bond donors (Lipinski definition) is 3. The highest BCUT2D eigenvalue weighted by molar-refractivity contribution is 6.31. The average Bonchev–Trinajstić information content (AvgIpc) is 3.42. The molecule has 1 aromatic carbocycles. The van der Waals surface area contributed by atoms with Crippen LogP contribution in [0.3, 0.4) is 0 Å². The van der Waals surface area contributed by atoms with Crippen molar-refractivity contribution in [1.29, 1.82) is 0 Å². The van der Waals surface area contributed by atoms with Crippen molar-refractivity contribution in [1.82, 2.24) is 25.4 Å². The first-order valence-electron chi connectivity index (χ1n) is 10.6. The Bertz CT molecular complexity index is 1120. The van der Waals surface area contributed by atoms with Gasteiger partial charge in [0.1, 0.15) is 5.82 Å². The Labute approximate surface area is 192 Å². The maximum Gasteiger partial charge on any atom is 0.255 e. The summed E-state index contributed by atoms with van der Waals surface area (Å²) in [6, 6.07) is 7.49. The Morgan fingerprint density at radius 3 is 2.91 bits per heavy atom. The van der Waals surface area contributed by atoms with Gasteiger partial charge in [0.15, 0.2) is 0 Å². The number of nitrogens with zero attached hydrogens (tertiary/aromatic N) is 3. The maximum absolute atomic E-state index is 13.0. The first-order chi connectivity index (χ1) is 15.4. The van der Waals surface area contributed by atoms with Crippen LogP contribution in [0, 0.1) is 0 Å². The van der Waals surface area contributed by atoms with Crippen molar-refractivity contribution < 1.29 is 9.53 Å². The molecule has 1 fully saturated rings. The fourth-order valence-electron chi connectivity index (χ4n) is 3.80. The summed E-state index contributed by atoms with van der Waals surface area (Å²) < 4.78 is 7.82. The van der Waals surface area contributed by atoms with Crippen LogP contribution in [0.2, 0.25) is 5.02 Å². The van der Waals surface area contributed by atoms with Crippen molar-refractivity contribution in [2.75, 3.05) is 18.8 Å². The molecular formula is C23H27ClN6O2. The molecule has 168 valence electrons. The topological polar surface area (TPSA) is 107 Å². The van der Waals surface area contributed by atoms with Gasteiger partial charge in [-0.3, -0.25) is 9.48 Å². The van der Waals surface area contributed by atoms with Gasteiger partial charge in [-0.25, -0.2) is 4.98 Å². The third-order valence-electron chi connectivity index (χ3n) is 5.63. The lowest BCUT2D eigenvalue weighted by Crippen LogP contribution is -2.44. The zero-order chi connectivity index (χ0) is 22.7. The molecule has 0 radical (unpaired) electrons. The molecule has 0 spiro atoms. The van der Waals surface area contributed by atoms with Crippen molar-refractivity contribution in [3.05, 3.63) is 64.6 Å². The van der Waals surface area contributed by atoms with E-state index in [0.29, 0.717) is 25.3 Å². The number of nitrogens with two attached hydrogens (primary N) is 1. The number of ether oxygens (including phenoxy) is 1. The Kier molecular flexibility index (Phi) is 6.74. The molecule has 3 aromatic rings. The zero-order valence-electron chi connectivity index (χ0n) is 18.1. The molecule has 0 aliphatic carbocycles. The highest BCUT2D eigenvalue weighted by Gasteiger charge is 2.30. The third-order valence-corrected chi connectivity index (χ3v) is 6.00. The Morgan fingerprint density at radius 1 is 1.31 bits per heavy atom. The fourth-order valence-corrected chi connectivity index (χ4v) is 4.05. The molecule has 1 aliphatic rings. The van der Waals surface area contributed by atoms with Crippen LogP contribution in [-0.4, -0.2) is 45.9 Å². The van der Waals surface area contributed by atoms with E-state index in [1.54, 1.807) is 23.1 Å². The van der Waals surface area contributed by atoms with Gasteiger partial charge >= 0.3 is 0 Å². The number of aromatic nitrogens is 3. The summed E-state index contributed by atoms with van der Waals surface area (Å²) in [4.78, 5) is 17.2. The lowest BCUT2D eigenvalue weighted by Gasteiger charge is -2.21. The summed E-state index contributed by atoms with van der Waals surface area (Å²) in [7, 11) is 1.84. The lowest BCUT2D eigenvalue weighted by atomic mass is 10.1. The molecule has 0 saturated carbocycles. The highest BCUT2D eigenvalue weighted by atomic mass is 35.5. The number of hydrogen-bond acceptors (Lipinski definition) is 6. The lowest BCUT2D eigenvalue weighted by molar-refractivity contribution is 0.0357. The van der Waals surface area contributed by atoms with Crippen LogP contribution in [0.25, 0.3) is 11.1 Å². The molecule has 1 aliphatic heterocycles. The number of carbonyl (C=O) groups excluding carboxylic acids is 1. The second kappa shape index (κ2) is 9.68. The molecule has 1 saturated heterocycles. The molecule has 0 unspecified atom stereocenters. The number of carbonyl (C=O) groups is 1. The minimum absolute atomic E-state index is 0.157. The Morgan fingerprint density at radius 2 is 2.16 bits per heavy atom. The molecular weight excluding hydrogens is 428 g/mol. The first kappa shape index (κ1) is 22.3. The SMILES string of the molecule is CCc1cc(CO[C@H]2CNC[C@@H]2NC(=O)c2cc(-c3cnn(C)c3)cnc2N)ccc1Cl. The number of nitrogen functional groups attached to an aromatic ring is 1. The largest absolute Gasteiger partial charge is 0.383 e. The number of halogens is 1. The first-order valence-corrected chi connectivity index (χ1v) is 11.0. The van der Waals surface area contributed by atoms with Crippen LogP contribution < -0.4 is 16.4 Å². The number of nitrogens with one attached hydrogen (secondary N) is 2. The second-order valence-corrected chi connectivity index (χ2v) is 8.33. The van der Waals surface area contributed by atoms with Crippen molar-refractivity contribution in [2.24, 2.45) is 7.05 Å². The van der Waals surface area contributed by atoms with Crippen LogP contribution >= 0.6 is 11.6 Å². The van der Waals surface area contributed by atoms with Crippen LogP contribution in [0.4, 0.5) is 5.82 Å². The predicted octanol–water partition coefficient (Wildman–Crippen LogP) is 2.57. The molecule has 32 heavy (non-hydrogen) atoms. The molecule has 3 heterocycles. The van der Waals surface area contributed by atoms with Crippen LogP contribution in [0.5, 0.6) is 0 Å². The van der Waals surface area contributed by atoms with E-state index < -0.39 is 0 Å². The summed E-state index contributed by atoms with van der Waals surface area (Å²) in [5.74, 6) is -0.0883. The van der Waals surface area contributed by atoms with E-state index in [1.807, 2.05) is 25.4 Å². The quantitative estimate of drug-likeness (QED) is 0.506. The van der Waals surface area contributed by atoms with Crippen LogP contribution in [0.1, 0.15) is 28.4 Å². The third kappa shape index (κ3) is 4.93. The monoisotopic (exact) mass is 454 g/mol. The van der Waals surface area contributed by atoms with Crippen molar-refractivity contribution in [3.63, 3.8) is 0 Å². The molecule has 4 N–H and O–H groups in total. The van der Waals surface area contributed by atoms with E-state index in [9.17, 15) is 4.79 Å². The van der Waals surface area contributed by atoms with Gasteiger partial charge in [-0.15, -0.1) is 0 Å². The molecule has 4 rings (SSSR count). The number of benzene rings is 1. The number of amides is 1. The standard InChI is InChI=1S/C23H27ClN6O2/c1-3-15-6-14(4-5-19(15)24)13-32-21-11-26-10-20(21)29-23(31)18-7-16(8-27-22(18)25)17-9-28-30(2)12-17/h4-9,12,20-21,26H,3,10-11,13H2,1-2H3,(H2,25,27)(H,29,31)/t20-,21-/m0/s1. The molecule has 8 nitrogen and oxygen atoms in total.